The molecule has 4 nitrogen and oxygen atoms in total. The maximum Gasteiger partial charge on any atom is 0.236 e. The van der Waals surface area contributed by atoms with Gasteiger partial charge in [0.2, 0.25) is 5.91 Å². The van der Waals surface area contributed by atoms with Crippen LogP contribution in [0.1, 0.15) is 31.4 Å². The SMILES string of the molecule is CC(c1ccccc1F)N(C)C(=O)CN1CCC(N)CC1. The molecular formula is C16H24FN3O. The largest absolute Gasteiger partial charge is 0.338 e. The number of nitrogens with zero attached hydrogens (tertiary/aromatic N) is 2. The maximum absolute atomic E-state index is 13.8. The van der Waals surface area contributed by atoms with Crippen LogP contribution < -0.4 is 5.73 Å². The van der Waals surface area contributed by atoms with Crippen molar-refractivity contribution < 1.29 is 9.18 Å². The number of likely N-dealkylation sites (N-methyl/N-ethyl adjacent to an activating group) is 1. The Morgan fingerprint density at radius 1 is 1.43 bits per heavy atom. The molecule has 1 heterocycles. The molecule has 1 aromatic rings. The van der Waals surface area contributed by atoms with Gasteiger partial charge in [0, 0.05) is 31.7 Å². The second-order valence-electron chi connectivity index (χ2n) is 5.82. The van der Waals surface area contributed by atoms with E-state index in [9.17, 15) is 9.18 Å². The number of piperidine rings is 1. The fraction of sp³-hybridized carbons (Fsp3) is 0.562. The van der Waals surface area contributed by atoms with Gasteiger partial charge in [-0.15, -0.1) is 0 Å². The third-order valence-electron chi connectivity index (χ3n) is 4.32. The van der Waals surface area contributed by atoms with Gasteiger partial charge in [0.05, 0.1) is 12.6 Å². The molecule has 1 aliphatic heterocycles. The van der Waals surface area contributed by atoms with Crippen LogP contribution in [0.4, 0.5) is 4.39 Å². The smallest absolute Gasteiger partial charge is 0.236 e. The summed E-state index contributed by atoms with van der Waals surface area (Å²) in [5.41, 5.74) is 6.41. The van der Waals surface area contributed by atoms with E-state index in [4.69, 9.17) is 5.73 Å². The lowest BCUT2D eigenvalue weighted by atomic mass is 10.1. The highest BCUT2D eigenvalue weighted by molar-refractivity contribution is 5.78. The van der Waals surface area contributed by atoms with Crippen molar-refractivity contribution >= 4 is 5.91 Å². The highest BCUT2D eigenvalue weighted by atomic mass is 19.1. The average Bonchev–Trinajstić information content (AvgIpc) is 2.48. The molecule has 1 fully saturated rings. The molecule has 0 aromatic heterocycles. The summed E-state index contributed by atoms with van der Waals surface area (Å²) in [5, 5.41) is 0. The summed E-state index contributed by atoms with van der Waals surface area (Å²) in [4.78, 5) is 16.1. The Labute approximate surface area is 125 Å². The molecule has 116 valence electrons. The van der Waals surface area contributed by atoms with E-state index >= 15 is 0 Å². The lowest BCUT2D eigenvalue weighted by molar-refractivity contribution is -0.133. The van der Waals surface area contributed by atoms with Crippen molar-refractivity contribution in [2.75, 3.05) is 26.7 Å². The van der Waals surface area contributed by atoms with Crippen LogP contribution in [0.3, 0.4) is 0 Å². The van der Waals surface area contributed by atoms with E-state index < -0.39 is 0 Å². The van der Waals surface area contributed by atoms with Crippen LogP contribution in [-0.4, -0.2) is 48.4 Å². The molecule has 1 aromatic carbocycles. The minimum absolute atomic E-state index is 0.0150. The van der Waals surface area contributed by atoms with Crippen LogP contribution in [0, 0.1) is 5.82 Å². The molecule has 1 amide bonds. The summed E-state index contributed by atoms with van der Waals surface area (Å²) in [6.07, 6.45) is 1.86. The summed E-state index contributed by atoms with van der Waals surface area (Å²) < 4.78 is 13.8. The lowest BCUT2D eigenvalue weighted by Gasteiger charge is -2.32. The van der Waals surface area contributed by atoms with Crippen LogP contribution >= 0.6 is 0 Å². The van der Waals surface area contributed by atoms with Gasteiger partial charge in [-0.3, -0.25) is 9.69 Å². The van der Waals surface area contributed by atoms with Gasteiger partial charge in [0.25, 0.3) is 0 Å². The Morgan fingerprint density at radius 2 is 2.05 bits per heavy atom. The Morgan fingerprint density at radius 3 is 2.67 bits per heavy atom. The zero-order valence-corrected chi connectivity index (χ0v) is 12.8. The molecule has 0 bridgehead atoms. The number of carbonyl (C=O) groups excluding carboxylic acids is 1. The summed E-state index contributed by atoms with van der Waals surface area (Å²) in [6, 6.07) is 6.58. The number of nitrogens with two attached hydrogens (primary N) is 1. The van der Waals surface area contributed by atoms with Crippen molar-refractivity contribution in [2.24, 2.45) is 5.73 Å². The first kappa shape index (κ1) is 15.9. The number of carbonyl (C=O) groups is 1. The van der Waals surface area contributed by atoms with E-state index in [1.54, 1.807) is 30.1 Å². The number of hydrogen-bond acceptors (Lipinski definition) is 3. The zero-order valence-electron chi connectivity index (χ0n) is 12.8. The van der Waals surface area contributed by atoms with Crippen LogP contribution in [-0.2, 0) is 4.79 Å². The molecule has 1 aliphatic rings. The average molecular weight is 293 g/mol. The molecule has 2 N–H and O–H groups in total. The minimum Gasteiger partial charge on any atom is -0.338 e. The molecule has 2 rings (SSSR count). The van der Waals surface area contributed by atoms with E-state index in [0.717, 1.165) is 25.9 Å². The van der Waals surface area contributed by atoms with Crippen molar-refractivity contribution in [3.05, 3.63) is 35.6 Å². The van der Waals surface area contributed by atoms with Crippen molar-refractivity contribution in [3.8, 4) is 0 Å². The Bertz CT molecular complexity index is 486. The predicted molar refractivity (Wildman–Crippen MR) is 81.2 cm³/mol. The molecule has 21 heavy (non-hydrogen) atoms. The molecular weight excluding hydrogens is 269 g/mol. The van der Waals surface area contributed by atoms with Gasteiger partial charge in [0.15, 0.2) is 0 Å². The van der Waals surface area contributed by atoms with Gasteiger partial charge in [-0.25, -0.2) is 4.39 Å². The molecule has 5 heteroatoms. The van der Waals surface area contributed by atoms with Crippen molar-refractivity contribution in [1.29, 1.82) is 0 Å². The molecule has 1 saturated heterocycles. The highest BCUT2D eigenvalue weighted by Gasteiger charge is 2.23. The Kier molecular flexibility index (Phi) is 5.31. The number of benzene rings is 1. The molecule has 0 saturated carbocycles. The standard InChI is InChI=1S/C16H24FN3O/c1-12(14-5-3-4-6-15(14)17)19(2)16(21)11-20-9-7-13(18)8-10-20/h3-6,12-13H,7-11,18H2,1-2H3. The van der Waals surface area contributed by atoms with E-state index in [0.29, 0.717) is 12.1 Å². The van der Waals surface area contributed by atoms with E-state index in [1.807, 2.05) is 6.92 Å². The fourth-order valence-corrected chi connectivity index (χ4v) is 2.65. The summed E-state index contributed by atoms with van der Waals surface area (Å²) in [6.45, 7) is 3.94. The van der Waals surface area contributed by atoms with Crippen molar-refractivity contribution in [1.82, 2.24) is 9.80 Å². The topological polar surface area (TPSA) is 49.6 Å². The maximum atomic E-state index is 13.8. The van der Waals surface area contributed by atoms with Gasteiger partial charge in [-0.1, -0.05) is 18.2 Å². The third kappa shape index (κ3) is 4.02. The zero-order chi connectivity index (χ0) is 15.4. The van der Waals surface area contributed by atoms with Gasteiger partial charge in [0.1, 0.15) is 5.82 Å². The number of rotatable bonds is 4. The fourth-order valence-electron chi connectivity index (χ4n) is 2.65. The summed E-state index contributed by atoms with van der Waals surface area (Å²) in [7, 11) is 1.73. The van der Waals surface area contributed by atoms with Crippen LogP contribution in [0.5, 0.6) is 0 Å². The van der Waals surface area contributed by atoms with E-state index in [-0.39, 0.29) is 23.8 Å². The van der Waals surface area contributed by atoms with Gasteiger partial charge in [-0.2, -0.15) is 0 Å². The Balaban J connectivity index is 1.94. The number of halogens is 1. The second kappa shape index (κ2) is 7.00. The molecule has 0 spiro atoms. The van der Waals surface area contributed by atoms with Crippen LogP contribution in [0.25, 0.3) is 0 Å². The third-order valence-corrected chi connectivity index (χ3v) is 4.32. The first-order valence-corrected chi connectivity index (χ1v) is 7.47. The first-order valence-electron chi connectivity index (χ1n) is 7.47. The van der Waals surface area contributed by atoms with Gasteiger partial charge < -0.3 is 10.6 Å². The number of amides is 1. The molecule has 1 atom stereocenters. The number of likely N-dealkylation sites (tertiary alicyclic amines) is 1. The quantitative estimate of drug-likeness (QED) is 0.920. The molecule has 1 unspecified atom stereocenters. The summed E-state index contributed by atoms with van der Waals surface area (Å²) >= 11 is 0. The van der Waals surface area contributed by atoms with E-state index in [1.165, 1.54) is 6.07 Å². The highest BCUT2D eigenvalue weighted by Crippen LogP contribution is 2.22. The van der Waals surface area contributed by atoms with Crippen molar-refractivity contribution in [2.45, 2.75) is 31.8 Å². The number of hydrogen-bond donors (Lipinski definition) is 1. The Hall–Kier alpha value is -1.46. The predicted octanol–water partition coefficient (Wildman–Crippen LogP) is 1.77. The normalized spacial score (nSPS) is 18.5. The molecule has 0 radical (unpaired) electrons. The summed E-state index contributed by atoms with van der Waals surface area (Å²) in [5.74, 6) is -0.255. The molecule has 0 aliphatic carbocycles. The second-order valence-corrected chi connectivity index (χ2v) is 5.82. The van der Waals surface area contributed by atoms with Gasteiger partial charge >= 0.3 is 0 Å². The first-order chi connectivity index (χ1) is 9.99. The van der Waals surface area contributed by atoms with Crippen LogP contribution in [0.2, 0.25) is 0 Å². The lowest BCUT2D eigenvalue weighted by Crippen LogP contribution is -2.45. The monoisotopic (exact) mass is 293 g/mol. The minimum atomic E-state index is -0.272. The van der Waals surface area contributed by atoms with Gasteiger partial charge in [-0.05, 0) is 25.8 Å². The van der Waals surface area contributed by atoms with E-state index in [2.05, 4.69) is 4.90 Å². The van der Waals surface area contributed by atoms with Crippen LogP contribution in [0.15, 0.2) is 24.3 Å². The van der Waals surface area contributed by atoms with Crippen molar-refractivity contribution in [3.63, 3.8) is 0 Å².